The van der Waals surface area contributed by atoms with E-state index in [-0.39, 0.29) is 21.1 Å². The molecule has 66 valence electrons. The Labute approximate surface area is 96.1 Å². The molecule has 0 fully saturated rings. The number of aromatic nitrogens is 1. The molecule has 0 aliphatic carbocycles. The second kappa shape index (κ2) is 4.68. The van der Waals surface area contributed by atoms with E-state index in [9.17, 15) is 0 Å². The van der Waals surface area contributed by atoms with Crippen molar-refractivity contribution in [3.05, 3.63) is 40.7 Å². The largest absolute Gasteiger partial charge is 0.255 e. The van der Waals surface area contributed by atoms with Crippen LogP contribution in [0, 0.1) is 13.0 Å². The monoisotopic (exact) mass is 358 g/mol. The van der Waals surface area contributed by atoms with Crippen LogP contribution >= 0.6 is 11.3 Å². The summed E-state index contributed by atoms with van der Waals surface area (Å²) in [5.74, 6) is 0. The molecule has 0 atom stereocenters. The van der Waals surface area contributed by atoms with Gasteiger partial charge in [-0.1, -0.05) is 0 Å². The average molecular weight is 358 g/mol. The third kappa shape index (κ3) is 2.49. The molecule has 3 heteroatoms. The number of aryl methyl sites for hydroxylation is 1. The molecule has 2 rings (SSSR count). The number of hydrogen-bond donors (Lipinski definition) is 0. The minimum Gasteiger partial charge on any atom is -0.255 e. The Bertz CT molecular complexity index is 369. The van der Waals surface area contributed by atoms with Gasteiger partial charge >= 0.3 is 0 Å². The van der Waals surface area contributed by atoms with Crippen molar-refractivity contribution in [1.29, 1.82) is 0 Å². The van der Waals surface area contributed by atoms with Crippen molar-refractivity contribution in [2.24, 2.45) is 0 Å². The van der Waals surface area contributed by atoms with Gasteiger partial charge in [0, 0.05) is 32.1 Å². The molecule has 0 N–H and O–H groups in total. The Morgan fingerprint density at radius 3 is 2.85 bits per heavy atom. The zero-order chi connectivity index (χ0) is 8.39. The molecule has 0 radical (unpaired) electrons. The van der Waals surface area contributed by atoms with Crippen molar-refractivity contribution in [2.45, 2.75) is 6.92 Å². The van der Waals surface area contributed by atoms with Gasteiger partial charge in [0.2, 0.25) is 0 Å². The van der Waals surface area contributed by atoms with Gasteiger partial charge < -0.3 is 0 Å². The number of rotatable bonds is 1. The Kier molecular flexibility index (Phi) is 3.83. The predicted molar refractivity (Wildman–Crippen MR) is 51.1 cm³/mol. The van der Waals surface area contributed by atoms with E-state index in [1.165, 1.54) is 0 Å². The molecule has 1 heterocycles. The Hall–Kier alpha value is -0.462. The van der Waals surface area contributed by atoms with Gasteiger partial charge in [0.05, 0.1) is 5.01 Å². The van der Waals surface area contributed by atoms with Crippen LogP contribution in [-0.2, 0) is 21.1 Å². The van der Waals surface area contributed by atoms with Crippen molar-refractivity contribution in [3.8, 4) is 11.3 Å². The molecule has 13 heavy (non-hydrogen) atoms. The molecule has 0 amide bonds. The Morgan fingerprint density at radius 2 is 2.31 bits per heavy atom. The first kappa shape index (κ1) is 10.6. The molecule has 0 aliphatic rings. The topological polar surface area (TPSA) is 12.9 Å². The van der Waals surface area contributed by atoms with E-state index in [1.807, 2.05) is 31.2 Å². The van der Waals surface area contributed by atoms with E-state index < -0.39 is 0 Å². The van der Waals surface area contributed by atoms with Gasteiger partial charge in [0.25, 0.3) is 0 Å². The van der Waals surface area contributed by atoms with Crippen molar-refractivity contribution in [2.75, 3.05) is 0 Å². The Balaban J connectivity index is 0.000000845. The minimum atomic E-state index is 0. The van der Waals surface area contributed by atoms with Crippen LogP contribution in [0.3, 0.4) is 0 Å². The van der Waals surface area contributed by atoms with Crippen LogP contribution in [0.1, 0.15) is 5.01 Å². The molecule has 2 aromatic rings. The van der Waals surface area contributed by atoms with E-state index in [1.54, 1.807) is 11.3 Å². The van der Waals surface area contributed by atoms with Gasteiger partial charge in [0.15, 0.2) is 0 Å². The van der Waals surface area contributed by atoms with Crippen LogP contribution in [0.5, 0.6) is 0 Å². The van der Waals surface area contributed by atoms with Gasteiger partial charge in [-0.25, -0.2) is 0 Å². The fraction of sp³-hybridized carbons (Fsp3) is 0.100. The molecule has 0 aliphatic heterocycles. The molecule has 0 saturated carbocycles. The van der Waals surface area contributed by atoms with Gasteiger partial charge in [-0.15, -0.1) is 16.9 Å². The van der Waals surface area contributed by atoms with Crippen molar-refractivity contribution >= 4 is 11.3 Å². The van der Waals surface area contributed by atoms with Gasteiger partial charge in [-0.05, 0) is 6.92 Å². The second-order valence-electron chi connectivity index (χ2n) is 2.54. The quantitative estimate of drug-likeness (QED) is 0.715. The number of thiazole rings is 1. The molecular weight excluding hydrogens is 350 g/mol. The van der Waals surface area contributed by atoms with E-state index in [0.29, 0.717) is 0 Å². The zero-order valence-electron chi connectivity index (χ0n) is 7.15. The van der Waals surface area contributed by atoms with E-state index in [0.717, 1.165) is 16.3 Å². The van der Waals surface area contributed by atoms with Crippen LogP contribution in [0.4, 0.5) is 0 Å². The van der Waals surface area contributed by atoms with Crippen LogP contribution < -0.4 is 0 Å². The van der Waals surface area contributed by atoms with Gasteiger partial charge in [0.1, 0.15) is 0 Å². The van der Waals surface area contributed by atoms with Crippen LogP contribution in [0.2, 0.25) is 0 Å². The molecular formula is C10H8NSW-. The van der Waals surface area contributed by atoms with E-state index in [4.69, 9.17) is 0 Å². The fourth-order valence-corrected chi connectivity index (χ4v) is 1.67. The van der Waals surface area contributed by atoms with Crippen molar-refractivity contribution in [1.82, 2.24) is 4.98 Å². The van der Waals surface area contributed by atoms with E-state index >= 15 is 0 Å². The first-order valence-electron chi connectivity index (χ1n) is 3.75. The number of hydrogen-bond acceptors (Lipinski definition) is 2. The standard InChI is InChI=1S/C10H8NS.W/c1-8-11-10(7-12-8)9-5-3-2-4-6-9;/h2-3,5-7H,1H3;/q-1;. The summed E-state index contributed by atoms with van der Waals surface area (Å²) in [7, 11) is 0. The molecule has 0 bridgehead atoms. The molecule has 1 aromatic carbocycles. The van der Waals surface area contributed by atoms with Crippen molar-refractivity contribution in [3.63, 3.8) is 0 Å². The predicted octanol–water partition coefficient (Wildman–Crippen LogP) is 2.92. The van der Waals surface area contributed by atoms with Crippen LogP contribution in [0.25, 0.3) is 11.3 Å². The third-order valence-corrected chi connectivity index (χ3v) is 2.40. The number of nitrogens with zero attached hydrogens (tertiary/aromatic N) is 1. The maximum absolute atomic E-state index is 4.38. The summed E-state index contributed by atoms with van der Waals surface area (Å²) in [6.07, 6.45) is 0. The zero-order valence-corrected chi connectivity index (χ0v) is 10.9. The summed E-state index contributed by atoms with van der Waals surface area (Å²) in [5.41, 5.74) is 2.19. The van der Waals surface area contributed by atoms with Crippen LogP contribution in [0.15, 0.2) is 29.6 Å². The summed E-state index contributed by atoms with van der Waals surface area (Å²) in [5, 5.41) is 3.17. The first-order chi connectivity index (χ1) is 5.86. The van der Waals surface area contributed by atoms with Crippen molar-refractivity contribution < 1.29 is 21.1 Å². The maximum atomic E-state index is 4.38. The molecule has 1 aromatic heterocycles. The summed E-state index contributed by atoms with van der Waals surface area (Å²) in [6, 6.07) is 10.9. The fourth-order valence-electron chi connectivity index (χ4n) is 1.05. The minimum absolute atomic E-state index is 0. The summed E-state index contributed by atoms with van der Waals surface area (Å²) in [6.45, 7) is 2.01. The molecule has 1 nitrogen and oxygen atoms in total. The summed E-state index contributed by atoms with van der Waals surface area (Å²) < 4.78 is 0. The summed E-state index contributed by atoms with van der Waals surface area (Å²) in [4.78, 5) is 4.38. The van der Waals surface area contributed by atoms with Gasteiger partial charge in [-0.3, -0.25) is 4.98 Å². The number of benzene rings is 1. The SMILES string of the molecule is Cc1nc(-c2c[c-]ccc2)cs1.[W]. The van der Waals surface area contributed by atoms with Crippen LogP contribution in [-0.4, -0.2) is 4.98 Å². The van der Waals surface area contributed by atoms with Gasteiger partial charge in [-0.2, -0.15) is 30.3 Å². The smallest absolute Gasteiger partial charge is 0.0888 e. The molecule has 0 unspecified atom stereocenters. The average Bonchev–Trinajstić information content (AvgIpc) is 2.54. The first-order valence-corrected chi connectivity index (χ1v) is 4.63. The second-order valence-corrected chi connectivity index (χ2v) is 3.61. The molecule has 0 spiro atoms. The van der Waals surface area contributed by atoms with E-state index in [2.05, 4.69) is 16.4 Å². The molecule has 0 saturated heterocycles. The maximum Gasteiger partial charge on any atom is 0.0888 e. The normalized spacial score (nSPS) is 9.31. The third-order valence-electron chi connectivity index (χ3n) is 1.62. The Morgan fingerprint density at radius 1 is 1.46 bits per heavy atom. The summed E-state index contributed by atoms with van der Waals surface area (Å²) >= 11 is 1.67.